The molecule has 1 amide bonds. The van der Waals surface area contributed by atoms with E-state index >= 15 is 0 Å². The van der Waals surface area contributed by atoms with Gasteiger partial charge in [0.15, 0.2) is 5.16 Å². The number of benzene rings is 1. The van der Waals surface area contributed by atoms with Crippen LogP contribution in [0.3, 0.4) is 0 Å². The van der Waals surface area contributed by atoms with Crippen LogP contribution in [0.15, 0.2) is 29.4 Å². The summed E-state index contributed by atoms with van der Waals surface area (Å²) >= 11 is 1.36. The number of anilines is 1. The minimum absolute atomic E-state index is 0.149. The number of rotatable bonds is 9. The maximum absolute atomic E-state index is 12.3. The number of amides is 1. The van der Waals surface area contributed by atoms with E-state index in [0.29, 0.717) is 17.9 Å². The number of carbonyl (C=O) groups is 2. The SMILES string of the molecule is CCOC(=O)c1ccc(NC(=O)CSc2nnc(CC)n2CC2CCCO2)cc1. The number of thioether (sulfide) groups is 1. The zero-order valence-electron chi connectivity index (χ0n) is 16.7. The lowest BCUT2D eigenvalue weighted by Gasteiger charge is -2.14. The van der Waals surface area contributed by atoms with Crippen molar-refractivity contribution in [3.8, 4) is 0 Å². The number of carbonyl (C=O) groups excluding carboxylic acids is 2. The zero-order valence-corrected chi connectivity index (χ0v) is 17.5. The third-order valence-electron chi connectivity index (χ3n) is 4.53. The van der Waals surface area contributed by atoms with Crippen LogP contribution in [-0.2, 0) is 27.2 Å². The van der Waals surface area contributed by atoms with Crippen LogP contribution in [0.25, 0.3) is 0 Å². The molecule has 0 radical (unpaired) electrons. The molecule has 1 aliphatic heterocycles. The predicted octanol–water partition coefficient (Wildman–Crippen LogP) is 2.93. The lowest BCUT2D eigenvalue weighted by molar-refractivity contribution is -0.113. The van der Waals surface area contributed by atoms with Gasteiger partial charge in [0.1, 0.15) is 5.82 Å². The van der Waals surface area contributed by atoms with Gasteiger partial charge in [0.2, 0.25) is 5.91 Å². The molecule has 2 aromatic rings. The molecule has 1 unspecified atom stereocenters. The lowest BCUT2D eigenvalue weighted by Crippen LogP contribution is -2.19. The van der Waals surface area contributed by atoms with E-state index < -0.39 is 0 Å². The molecule has 1 aliphatic rings. The molecular formula is C20H26N4O4S. The second-order valence-corrected chi connectivity index (χ2v) is 7.58. The van der Waals surface area contributed by atoms with Crippen molar-refractivity contribution in [2.75, 3.05) is 24.3 Å². The number of aryl methyl sites for hydroxylation is 1. The summed E-state index contributed by atoms with van der Waals surface area (Å²) in [6, 6.07) is 6.63. The van der Waals surface area contributed by atoms with Crippen molar-refractivity contribution in [1.29, 1.82) is 0 Å². The minimum atomic E-state index is -0.377. The van der Waals surface area contributed by atoms with Gasteiger partial charge in [-0.25, -0.2) is 4.79 Å². The first-order valence-electron chi connectivity index (χ1n) is 9.84. The lowest BCUT2D eigenvalue weighted by atomic mass is 10.2. The van der Waals surface area contributed by atoms with E-state index in [2.05, 4.69) is 20.1 Å². The third-order valence-corrected chi connectivity index (χ3v) is 5.50. The average Bonchev–Trinajstić information content (AvgIpc) is 3.37. The summed E-state index contributed by atoms with van der Waals surface area (Å²) in [6.45, 7) is 5.64. The predicted molar refractivity (Wildman–Crippen MR) is 110 cm³/mol. The van der Waals surface area contributed by atoms with Gasteiger partial charge in [0.05, 0.1) is 30.6 Å². The molecule has 0 aliphatic carbocycles. The Morgan fingerprint density at radius 1 is 1.28 bits per heavy atom. The van der Waals surface area contributed by atoms with Crippen molar-refractivity contribution in [3.63, 3.8) is 0 Å². The van der Waals surface area contributed by atoms with Crippen LogP contribution in [0.1, 0.15) is 42.9 Å². The van der Waals surface area contributed by atoms with Gasteiger partial charge >= 0.3 is 5.97 Å². The molecule has 0 saturated carbocycles. The standard InChI is InChI=1S/C20H26N4O4S/c1-3-17-22-23-20(24(17)12-16-6-5-11-28-16)29-13-18(25)21-15-9-7-14(8-10-15)19(26)27-4-2/h7-10,16H,3-6,11-13H2,1-2H3,(H,21,25). The first-order chi connectivity index (χ1) is 14.1. The first-order valence-corrected chi connectivity index (χ1v) is 10.8. The summed E-state index contributed by atoms with van der Waals surface area (Å²) in [4.78, 5) is 24.0. The largest absolute Gasteiger partial charge is 0.462 e. The topological polar surface area (TPSA) is 95.3 Å². The van der Waals surface area contributed by atoms with Gasteiger partial charge in [-0.15, -0.1) is 10.2 Å². The van der Waals surface area contributed by atoms with E-state index in [9.17, 15) is 9.59 Å². The normalized spacial score (nSPS) is 16.0. The van der Waals surface area contributed by atoms with E-state index in [1.54, 1.807) is 31.2 Å². The maximum Gasteiger partial charge on any atom is 0.338 e. The van der Waals surface area contributed by atoms with Crippen molar-refractivity contribution in [1.82, 2.24) is 14.8 Å². The summed E-state index contributed by atoms with van der Waals surface area (Å²) in [6.07, 6.45) is 3.07. The first kappa shape index (κ1) is 21.3. The summed E-state index contributed by atoms with van der Waals surface area (Å²) < 4.78 is 12.7. The Morgan fingerprint density at radius 2 is 2.07 bits per heavy atom. The molecule has 0 spiro atoms. The second kappa shape index (κ2) is 10.4. The van der Waals surface area contributed by atoms with Crippen LogP contribution in [0.5, 0.6) is 0 Å². The van der Waals surface area contributed by atoms with Gasteiger partial charge in [-0.2, -0.15) is 0 Å². The van der Waals surface area contributed by atoms with Crippen LogP contribution in [-0.4, -0.2) is 51.7 Å². The fraction of sp³-hybridized carbons (Fsp3) is 0.500. The highest BCUT2D eigenvalue weighted by atomic mass is 32.2. The number of nitrogens with zero attached hydrogens (tertiary/aromatic N) is 3. The molecule has 3 rings (SSSR count). The quantitative estimate of drug-likeness (QED) is 0.494. The molecule has 2 heterocycles. The summed E-state index contributed by atoms with van der Waals surface area (Å²) in [7, 11) is 0. The molecule has 0 bridgehead atoms. The Kier molecular flexibility index (Phi) is 7.65. The third kappa shape index (κ3) is 5.80. The highest BCUT2D eigenvalue weighted by molar-refractivity contribution is 7.99. The fourth-order valence-corrected chi connectivity index (χ4v) is 3.86. The maximum atomic E-state index is 12.3. The number of nitrogens with one attached hydrogen (secondary N) is 1. The molecule has 1 saturated heterocycles. The Morgan fingerprint density at radius 3 is 2.72 bits per heavy atom. The number of ether oxygens (including phenoxy) is 2. The van der Waals surface area contributed by atoms with E-state index in [4.69, 9.17) is 9.47 Å². The van der Waals surface area contributed by atoms with E-state index in [0.717, 1.165) is 43.4 Å². The minimum Gasteiger partial charge on any atom is -0.462 e. The molecular weight excluding hydrogens is 392 g/mol. The van der Waals surface area contributed by atoms with Crippen molar-refractivity contribution >= 4 is 29.3 Å². The molecule has 1 aromatic heterocycles. The summed E-state index contributed by atoms with van der Waals surface area (Å²) in [5.41, 5.74) is 1.08. The van der Waals surface area contributed by atoms with Crippen LogP contribution in [0, 0.1) is 0 Å². The molecule has 1 atom stereocenters. The fourth-order valence-electron chi connectivity index (χ4n) is 3.09. The second-order valence-electron chi connectivity index (χ2n) is 6.63. The van der Waals surface area contributed by atoms with Gasteiger partial charge in [-0.3, -0.25) is 4.79 Å². The number of hydrogen-bond acceptors (Lipinski definition) is 7. The van der Waals surface area contributed by atoms with Crippen LogP contribution >= 0.6 is 11.8 Å². The Bertz CT molecular complexity index is 832. The van der Waals surface area contributed by atoms with E-state index in [1.807, 2.05) is 6.92 Å². The van der Waals surface area contributed by atoms with Crippen LogP contribution < -0.4 is 5.32 Å². The molecule has 9 heteroatoms. The number of hydrogen-bond donors (Lipinski definition) is 1. The molecule has 1 fully saturated rings. The number of aromatic nitrogens is 3. The van der Waals surface area contributed by atoms with Gasteiger partial charge in [0.25, 0.3) is 0 Å². The number of esters is 1. The zero-order chi connectivity index (χ0) is 20.6. The van der Waals surface area contributed by atoms with Crippen LogP contribution in [0.2, 0.25) is 0 Å². The van der Waals surface area contributed by atoms with E-state index in [1.165, 1.54) is 11.8 Å². The Labute approximate surface area is 174 Å². The van der Waals surface area contributed by atoms with Gasteiger partial charge in [-0.1, -0.05) is 18.7 Å². The summed E-state index contributed by atoms with van der Waals surface area (Å²) in [5, 5.41) is 12.0. The summed E-state index contributed by atoms with van der Waals surface area (Å²) in [5.74, 6) is 0.590. The molecule has 29 heavy (non-hydrogen) atoms. The van der Waals surface area contributed by atoms with Crippen LogP contribution in [0.4, 0.5) is 5.69 Å². The highest BCUT2D eigenvalue weighted by Gasteiger charge is 2.21. The van der Waals surface area contributed by atoms with Gasteiger partial charge < -0.3 is 19.4 Å². The van der Waals surface area contributed by atoms with E-state index in [-0.39, 0.29) is 23.7 Å². The Hall–Kier alpha value is -2.39. The van der Waals surface area contributed by atoms with Gasteiger partial charge in [-0.05, 0) is 44.0 Å². The van der Waals surface area contributed by atoms with Crippen molar-refractivity contribution in [2.45, 2.75) is 50.9 Å². The molecule has 8 nitrogen and oxygen atoms in total. The van der Waals surface area contributed by atoms with Gasteiger partial charge in [0, 0.05) is 18.7 Å². The average molecular weight is 419 g/mol. The van der Waals surface area contributed by atoms with Crippen molar-refractivity contribution in [2.24, 2.45) is 0 Å². The highest BCUT2D eigenvalue weighted by Crippen LogP contribution is 2.22. The Balaban J connectivity index is 1.55. The van der Waals surface area contributed by atoms with Crippen molar-refractivity contribution < 1.29 is 19.1 Å². The smallest absolute Gasteiger partial charge is 0.338 e. The molecule has 1 N–H and O–H groups in total. The monoisotopic (exact) mass is 418 g/mol. The molecule has 1 aromatic carbocycles. The molecule has 156 valence electrons. The van der Waals surface area contributed by atoms with Crippen molar-refractivity contribution in [3.05, 3.63) is 35.7 Å².